The van der Waals surface area contributed by atoms with Crippen LogP contribution in [-0.4, -0.2) is 57.7 Å². The highest BCUT2D eigenvalue weighted by Crippen LogP contribution is 2.28. The average molecular weight is 417 g/mol. The first-order valence-corrected chi connectivity index (χ1v) is 12.2. The van der Waals surface area contributed by atoms with E-state index in [1.165, 1.54) is 0 Å². The lowest BCUT2D eigenvalue weighted by molar-refractivity contribution is -0.121. The maximum atomic E-state index is 13.2. The number of rotatable bonds is 6. The van der Waals surface area contributed by atoms with Crippen molar-refractivity contribution < 1.29 is 21.6 Å². The topological polar surface area (TPSA) is 101 Å². The molecule has 1 atom stereocenters. The third kappa shape index (κ3) is 4.70. The van der Waals surface area contributed by atoms with Gasteiger partial charge in [0, 0.05) is 12.6 Å². The number of sulfone groups is 1. The number of sulfonamides is 1. The molecule has 1 heterocycles. The molecule has 1 aliphatic heterocycles. The summed E-state index contributed by atoms with van der Waals surface area (Å²) in [4.78, 5) is 12.6. The number of nitrogens with one attached hydrogen (secondary N) is 1. The van der Waals surface area contributed by atoms with Gasteiger partial charge in [-0.3, -0.25) is 4.79 Å². The van der Waals surface area contributed by atoms with Crippen molar-refractivity contribution in [2.24, 2.45) is 0 Å². The third-order valence-corrected chi connectivity index (χ3v) is 9.13. The van der Waals surface area contributed by atoms with E-state index in [4.69, 9.17) is 0 Å². The summed E-state index contributed by atoms with van der Waals surface area (Å²) in [7, 11) is -6.97. The lowest BCUT2D eigenvalue weighted by Gasteiger charge is -2.24. The van der Waals surface area contributed by atoms with Crippen molar-refractivity contribution >= 4 is 25.8 Å². The number of aryl methyl sites for hydroxylation is 2. The highest BCUT2D eigenvalue weighted by atomic mass is 32.2. The van der Waals surface area contributed by atoms with E-state index in [-0.39, 0.29) is 29.5 Å². The van der Waals surface area contributed by atoms with Crippen molar-refractivity contribution in [2.75, 3.05) is 24.6 Å². The van der Waals surface area contributed by atoms with Crippen LogP contribution in [0.3, 0.4) is 0 Å². The van der Waals surface area contributed by atoms with Gasteiger partial charge in [0.2, 0.25) is 15.9 Å². The number of hydrogen-bond acceptors (Lipinski definition) is 5. The van der Waals surface area contributed by atoms with Gasteiger partial charge in [-0.1, -0.05) is 13.0 Å². The van der Waals surface area contributed by atoms with E-state index < -0.39 is 31.8 Å². The Hall–Kier alpha value is -1.45. The molecule has 0 radical (unpaired) electrons. The lowest BCUT2D eigenvalue weighted by Crippen LogP contribution is -2.44. The second-order valence-electron chi connectivity index (χ2n) is 7.19. The summed E-state index contributed by atoms with van der Waals surface area (Å²) < 4.78 is 50.7. The quantitative estimate of drug-likeness (QED) is 0.752. The molecule has 1 N–H and O–H groups in total. The Morgan fingerprint density at radius 3 is 2.19 bits per heavy atom. The zero-order chi connectivity index (χ0) is 20.6. The normalized spacial score (nSPS) is 19.4. The number of nitrogens with zero attached hydrogens (tertiary/aromatic N) is 1. The standard InChI is InChI=1S/C18H28N2O5S2/c1-6-20(10-17(21)19-16-7-8-26(22,23)11-16)27(24,25)18-14(4)12(2)9-13(3)15(18)5/h9,16H,6-8,10-11H2,1-5H3,(H,19,21)/t16-/m1/s1. The van der Waals surface area contributed by atoms with E-state index in [0.29, 0.717) is 17.5 Å². The molecule has 1 aliphatic rings. The van der Waals surface area contributed by atoms with Crippen LogP contribution in [0.1, 0.15) is 35.6 Å². The molecule has 0 bridgehead atoms. The molecule has 0 aromatic heterocycles. The van der Waals surface area contributed by atoms with Gasteiger partial charge in [-0.05, 0) is 56.4 Å². The molecule has 1 saturated heterocycles. The lowest BCUT2D eigenvalue weighted by atomic mass is 10.0. The van der Waals surface area contributed by atoms with Gasteiger partial charge in [0.15, 0.2) is 9.84 Å². The molecule has 1 amide bonds. The summed E-state index contributed by atoms with van der Waals surface area (Å²) >= 11 is 0. The maximum Gasteiger partial charge on any atom is 0.244 e. The van der Waals surface area contributed by atoms with Crippen LogP contribution in [0, 0.1) is 27.7 Å². The van der Waals surface area contributed by atoms with Crippen molar-refractivity contribution in [3.63, 3.8) is 0 Å². The monoisotopic (exact) mass is 416 g/mol. The van der Waals surface area contributed by atoms with E-state index in [0.717, 1.165) is 15.4 Å². The summed E-state index contributed by atoms with van der Waals surface area (Å²) in [5.41, 5.74) is 3.12. The van der Waals surface area contributed by atoms with Gasteiger partial charge in [-0.25, -0.2) is 16.8 Å². The van der Waals surface area contributed by atoms with Gasteiger partial charge in [-0.15, -0.1) is 0 Å². The second-order valence-corrected chi connectivity index (χ2v) is 11.3. The number of hydrogen-bond donors (Lipinski definition) is 1. The van der Waals surface area contributed by atoms with E-state index in [1.807, 2.05) is 19.9 Å². The van der Waals surface area contributed by atoms with Gasteiger partial charge >= 0.3 is 0 Å². The van der Waals surface area contributed by atoms with Crippen LogP contribution < -0.4 is 5.32 Å². The van der Waals surface area contributed by atoms with Crippen LogP contribution in [0.25, 0.3) is 0 Å². The molecule has 1 fully saturated rings. The van der Waals surface area contributed by atoms with Crippen molar-refractivity contribution in [3.05, 3.63) is 28.3 Å². The molecule has 2 rings (SSSR count). The molecule has 27 heavy (non-hydrogen) atoms. The zero-order valence-corrected chi connectivity index (χ0v) is 18.1. The van der Waals surface area contributed by atoms with Crippen LogP contribution in [0.5, 0.6) is 0 Å². The molecular formula is C18H28N2O5S2. The Morgan fingerprint density at radius 2 is 1.74 bits per heavy atom. The maximum absolute atomic E-state index is 13.2. The molecule has 9 heteroatoms. The summed E-state index contributed by atoms with van der Waals surface area (Å²) in [6.07, 6.45) is 0.363. The van der Waals surface area contributed by atoms with Crippen molar-refractivity contribution in [1.82, 2.24) is 9.62 Å². The number of carbonyl (C=O) groups is 1. The van der Waals surface area contributed by atoms with E-state index >= 15 is 0 Å². The van der Waals surface area contributed by atoms with Gasteiger partial charge in [0.1, 0.15) is 0 Å². The van der Waals surface area contributed by atoms with Crippen LogP contribution in [0.15, 0.2) is 11.0 Å². The fourth-order valence-corrected chi connectivity index (χ4v) is 7.06. The predicted octanol–water partition coefficient (Wildman–Crippen LogP) is 1.23. The number of likely N-dealkylation sites (N-methyl/N-ethyl adjacent to an activating group) is 1. The Morgan fingerprint density at radius 1 is 1.19 bits per heavy atom. The summed E-state index contributed by atoms with van der Waals surface area (Å²) in [6, 6.07) is 1.50. The van der Waals surface area contributed by atoms with E-state index in [1.54, 1.807) is 20.8 Å². The van der Waals surface area contributed by atoms with E-state index in [2.05, 4.69) is 5.32 Å². The van der Waals surface area contributed by atoms with Crippen molar-refractivity contribution in [2.45, 2.75) is 52.0 Å². The molecule has 1 aromatic carbocycles. The SMILES string of the molecule is CCN(CC(=O)N[C@@H]1CCS(=O)(=O)C1)S(=O)(=O)c1c(C)c(C)cc(C)c1C. The predicted molar refractivity (Wildman–Crippen MR) is 105 cm³/mol. The van der Waals surface area contributed by atoms with Gasteiger partial charge in [0.05, 0.1) is 22.9 Å². The minimum Gasteiger partial charge on any atom is -0.351 e. The first-order valence-electron chi connectivity index (χ1n) is 8.96. The minimum absolute atomic E-state index is 0.0503. The Bertz CT molecular complexity index is 926. The van der Waals surface area contributed by atoms with Crippen LogP contribution in [0.4, 0.5) is 0 Å². The van der Waals surface area contributed by atoms with Crippen LogP contribution in [0.2, 0.25) is 0 Å². The highest BCUT2D eigenvalue weighted by molar-refractivity contribution is 7.91. The minimum atomic E-state index is -3.85. The summed E-state index contributed by atoms with van der Waals surface area (Å²) in [6.45, 7) is 8.76. The molecule has 7 nitrogen and oxygen atoms in total. The zero-order valence-electron chi connectivity index (χ0n) is 16.5. The first kappa shape index (κ1) is 21.8. The Labute approximate surface area is 162 Å². The molecule has 0 saturated carbocycles. The third-order valence-electron chi connectivity index (χ3n) is 5.17. The molecular weight excluding hydrogens is 388 g/mol. The van der Waals surface area contributed by atoms with Crippen molar-refractivity contribution in [1.29, 1.82) is 0 Å². The number of amides is 1. The fraction of sp³-hybridized carbons (Fsp3) is 0.611. The molecule has 152 valence electrons. The largest absolute Gasteiger partial charge is 0.351 e. The number of carbonyl (C=O) groups excluding carboxylic acids is 1. The smallest absolute Gasteiger partial charge is 0.244 e. The second kappa shape index (κ2) is 7.89. The molecule has 0 spiro atoms. The fourth-order valence-electron chi connectivity index (χ4n) is 3.41. The van der Waals surface area contributed by atoms with Crippen LogP contribution in [-0.2, 0) is 24.7 Å². The van der Waals surface area contributed by atoms with E-state index in [9.17, 15) is 21.6 Å². The van der Waals surface area contributed by atoms with Gasteiger partial charge in [-0.2, -0.15) is 4.31 Å². The van der Waals surface area contributed by atoms with Gasteiger partial charge < -0.3 is 5.32 Å². The Balaban J connectivity index is 2.25. The summed E-state index contributed by atoms with van der Waals surface area (Å²) in [5.74, 6) is -0.524. The first-order chi connectivity index (χ1) is 12.4. The van der Waals surface area contributed by atoms with Crippen molar-refractivity contribution in [3.8, 4) is 0 Å². The molecule has 0 unspecified atom stereocenters. The number of benzene rings is 1. The molecule has 1 aromatic rings. The van der Waals surface area contributed by atoms with Gasteiger partial charge in [0.25, 0.3) is 0 Å². The summed E-state index contributed by atoms with van der Waals surface area (Å²) in [5, 5.41) is 2.65. The average Bonchev–Trinajstić information content (AvgIpc) is 2.89. The van der Waals surface area contributed by atoms with Crippen LogP contribution >= 0.6 is 0 Å². The Kier molecular flexibility index (Phi) is 6.38. The highest BCUT2D eigenvalue weighted by Gasteiger charge is 2.32. The molecule has 0 aliphatic carbocycles.